The van der Waals surface area contributed by atoms with Gasteiger partial charge in [0.1, 0.15) is 0 Å². The van der Waals surface area contributed by atoms with Gasteiger partial charge in [-0.1, -0.05) is 13.8 Å². The van der Waals surface area contributed by atoms with Crippen LogP contribution in [0.1, 0.15) is 13.8 Å². The first-order chi connectivity index (χ1) is 6.13. The lowest BCUT2D eigenvalue weighted by Gasteiger charge is -2.25. The van der Waals surface area contributed by atoms with E-state index in [-0.39, 0.29) is 6.61 Å². The van der Waals surface area contributed by atoms with Gasteiger partial charge in [-0.25, -0.2) is 0 Å². The summed E-state index contributed by atoms with van der Waals surface area (Å²) in [6.07, 6.45) is -0.634. The van der Waals surface area contributed by atoms with Crippen LogP contribution in [-0.2, 0) is 0 Å². The molecule has 2 unspecified atom stereocenters. The number of aliphatic hydroxyl groups excluding tert-OH is 2. The fraction of sp³-hybridized carbons (Fsp3) is 1.00. The molecule has 0 rings (SSSR count). The topological polar surface area (TPSA) is 69.7 Å². The molecule has 0 aromatic rings. The lowest BCUT2D eigenvalue weighted by atomic mass is 10.1. The van der Waals surface area contributed by atoms with Gasteiger partial charge in [-0.15, -0.1) is 0 Å². The quantitative estimate of drug-likeness (QED) is 0.494. The highest BCUT2D eigenvalue weighted by Gasteiger charge is 2.11. The summed E-state index contributed by atoms with van der Waals surface area (Å²) in [6.45, 7) is 6.88. The number of hydrogen-bond donors (Lipinski definition) is 3. The van der Waals surface area contributed by atoms with E-state index in [1.807, 2.05) is 6.92 Å². The molecule has 2 atom stereocenters. The van der Waals surface area contributed by atoms with Crippen LogP contribution in [0, 0.1) is 5.92 Å². The van der Waals surface area contributed by atoms with Gasteiger partial charge >= 0.3 is 0 Å². The van der Waals surface area contributed by atoms with E-state index >= 15 is 0 Å². The Hall–Kier alpha value is -0.160. The van der Waals surface area contributed by atoms with E-state index in [0.717, 1.165) is 13.1 Å². The maximum absolute atomic E-state index is 9.22. The molecule has 0 saturated heterocycles. The average Bonchev–Trinajstić information content (AvgIpc) is 2.16. The first kappa shape index (κ1) is 12.8. The Balaban J connectivity index is 3.74. The van der Waals surface area contributed by atoms with Crippen molar-refractivity contribution in [1.82, 2.24) is 4.90 Å². The Morgan fingerprint density at radius 2 is 2.00 bits per heavy atom. The Morgan fingerprint density at radius 3 is 2.38 bits per heavy atom. The summed E-state index contributed by atoms with van der Waals surface area (Å²) >= 11 is 0. The summed E-state index contributed by atoms with van der Waals surface area (Å²) < 4.78 is 0. The van der Waals surface area contributed by atoms with Crippen LogP contribution in [0.5, 0.6) is 0 Å². The van der Waals surface area contributed by atoms with Crippen LogP contribution >= 0.6 is 0 Å². The normalized spacial score (nSPS) is 16.2. The van der Waals surface area contributed by atoms with Gasteiger partial charge in [0.15, 0.2) is 0 Å². The zero-order valence-corrected chi connectivity index (χ0v) is 8.61. The van der Waals surface area contributed by atoms with Crippen molar-refractivity contribution in [2.24, 2.45) is 11.7 Å². The van der Waals surface area contributed by atoms with E-state index in [2.05, 4.69) is 11.8 Å². The summed E-state index contributed by atoms with van der Waals surface area (Å²) in [5, 5.41) is 17.9. The number of nitrogens with zero attached hydrogens (tertiary/aromatic N) is 1. The minimum absolute atomic E-state index is 0.173. The third kappa shape index (κ3) is 5.99. The lowest BCUT2D eigenvalue weighted by molar-refractivity contribution is 0.0570. The van der Waals surface area contributed by atoms with Crippen molar-refractivity contribution in [3.05, 3.63) is 0 Å². The Morgan fingerprint density at radius 1 is 1.38 bits per heavy atom. The van der Waals surface area contributed by atoms with Gasteiger partial charge in [0.25, 0.3) is 0 Å². The first-order valence-corrected chi connectivity index (χ1v) is 4.85. The van der Waals surface area contributed by atoms with Gasteiger partial charge < -0.3 is 20.8 Å². The van der Waals surface area contributed by atoms with Crippen LogP contribution in [0.25, 0.3) is 0 Å². The highest BCUT2D eigenvalue weighted by atomic mass is 16.3. The van der Waals surface area contributed by atoms with Gasteiger partial charge in [0.05, 0.1) is 12.7 Å². The number of hydrogen-bond acceptors (Lipinski definition) is 4. The van der Waals surface area contributed by atoms with Crippen molar-refractivity contribution >= 4 is 0 Å². The van der Waals surface area contributed by atoms with Crippen LogP contribution in [0.15, 0.2) is 0 Å². The van der Waals surface area contributed by atoms with E-state index in [1.165, 1.54) is 0 Å². The van der Waals surface area contributed by atoms with Gasteiger partial charge in [0.2, 0.25) is 0 Å². The van der Waals surface area contributed by atoms with Crippen molar-refractivity contribution in [2.75, 3.05) is 32.8 Å². The molecule has 0 aliphatic heterocycles. The predicted octanol–water partition coefficient (Wildman–Crippen LogP) is -0.744. The third-order valence-corrected chi connectivity index (χ3v) is 2.10. The number of likely N-dealkylation sites (N-methyl/N-ethyl adjacent to an activating group) is 1. The fourth-order valence-electron chi connectivity index (χ4n) is 1.20. The molecule has 0 radical (unpaired) electrons. The largest absolute Gasteiger partial charge is 0.394 e. The van der Waals surface area contributed by atoms with Crippen LogP contribution in [0.3, 0.4) is 0 Å². The molecule has 4 heteroatoms. The minimum Gasteiger partial charge on any atom is -0.394 e. The van der Waals surface area contributed by atoms with Crippen LogP contribution in [-0.4, -0.2) is 54.0 Å². The molecule has 0 saturated carbocycles. The van der Waals surface area contributed by atoms with Gasteiger partial charge in [0, 0.05) is 13.1 Å². The number of aliphatic hydroxyl groups is 2. The van der Waals surface area contributed by atoms with Crippen LogP contribution < -0.4 is 5.73 Å². The predicted molar refractivity (Wildman–Crippen MR) is 53.4 cm³/mol. The summed E-state index contributed by atoms with van der Waals surface area (Å²) in [7, 11) is 0. The minimum atomic E-state index is -0.634. The maximum atomic E-state index is 9.22. The molecule has 80 valence electrons. The second-order valence-electron chi connectivity index (χ2n) is 3.53. The molecule has 0 spiro atoms. The lowest BCUT2D eigenvalue weighted by Crippen LogP contribution is -2.38. The molecule has 0 aromatic carbocycles. The second kappa shape index (κ2) is 7.26. The molecule has 0 bridgehead atoms. The average molecular weight is 190 g/mol. The van der Waals surface area contributed by atoms with E-state index in [1.54, 1.807) is 0 Å². The van der Waals surface area contributed by atoms with Crippen molar-refractivity contribution < 1.29 is 10.2 Å². The second-order valence-corrected chi connectivity index (χ2v) is 3.53. The zero-order valence-electron chi connectivity index (χ0n) is 8.61. The summed E-state index contributed by atoms with van der Waals surface area (Å²) in [6, 6.07) is 0. The number of nitrogens with two attached hydrogens (primary N) is 1. The molecule has 0 aromatic heterocycles. The van der Waals surface area contributed by atoms with E-state index in [4.69, 9.17) is 10.8 Å². The highest BCUT2D eigenvalue weighted by molar-refractivity contribution is 4.66. The Kier molecular flexibility index (Phi) is 7.17. The molecule has 0 heterocycles. The maximum Gasteiger partial charge on any atom is 0.0897 e. The van der Waals surface area contributed by atoms with Gasteiger partial charge in [-0.2, -0.15) is 0 Å². The summed E-state index contributed by atoms with van der Waals surface area (Å²) in [5.74, 6) is 0.436. The molecule has 0 aliphatic carbocycles. The van der Waals surface area contributed by atoms with Crippen molar-refractivity contribution in [3.63, 3.8) is 0 Å². The fourth-order valence-corrected chi connectivity index (χ4v) is 1.20. The van der Waals surface area contributed by atoms with E-state index in [9.17, 15) is 5.11 Å². The monoisotopic (exact) mass is 190 g/mol. The third-order valence-electron chi connectivity index (χ3n) is 2.10. The number of rotatable bonds is 7. The highest BCUT2D eigenvalue weighted by Crippen LogP contribution is 1.99. The van der Waals surface area contributed by atoms with Crippen LogP contribution in [0.2, 0.25) is 0 Å². The van der Waals surface area contributed by atoms with Crippen LogP contribution in [0.4, 0.5) is 0 Å². The van der Waals surface area contributed by atoms with Gasteiger partial charge in [-0.05, 0) is 19.0 Å². The summed E-state index contributed by atoms with van der Waals surface area (Å²) in [4.78, 5) is 2.10. The summed E-state index contributed by atoms with van der Waals surface area (Å²) in [5.41, 5.74) is 5.50. The van der Waals surface area contributed by atoms with Crippen molar-refractivity contribution in [2.45, 2.75) is 20.0 Å². The van der Waals surface area contributed by atoms with Gasteiger partial charge in [-0.3, -0.25) is 0 Å². The molecular weight excluding hydrogens is 168 g/mol. The standard InChI is InChI=1S/C9H22N2O2/c1-3-11(5-8(2)4-10)6-9(13)7-12/h8-9,12-13H,3-7,10H2,1-2H3. The molecular formula is C9H22N2O2. The SMILES string of the molecule is CCN(CC(C)CN)CC(O)CO. The molecule has 13 heavy (non-hydrogen) atoms. The van der Waals surface area contributed by atoms with E-state index < -0.39 is 6.10 Å². The Bertz CT molecular complexity index is 110. The van der Waals surface area contributed by atoms with Crippen molar-refractivity contribution in [1.29, 1.82) is 0 Å². The first-order valence-electron chi connectivity index (χ1n) is 4.85. The van der Waals surface area contributed by atoms with Crippen molar-refractivity contribution in [3.8, 4) is 0 Å². The molecule has 4 N–H and O–H groups in total. The van der Waals surface area contributed by atoms with E-state index in [0.29, 0.717) is 19.0 Å². The molecule has 4 nitrogen and oxygen atoms in total. The Labute approximate surface area is 80.3 Å². The molecule has 0 amide bonds. The molecule has 0 fully saturated rings. The smallest absolute Gasteiger partial charge is 0.0897 e. The molecule has 0 aliphatic rings. The zero-order chi connectivity index (χ0) is 10.3.